The average molecular weight is 729 g/mol. The molecule has 2 aliphatic rings. The topological polar surface area (TPSA) is 153 Å². The number of rotatable bonds is 17. The number of ether oxygens (including phenoxy) is 3. The Kier molecular flexibility index (Phi) is 12.6. The van der Waals surface area contributed by atoms with Crippen LogP contribution in [0.3, 0.4) is 0 Å². The second-order valence-corrected chi connectivity index (χ2v) is 13.0. The lowest BCUT2D eigenvalue weighted by Gasteiger charge is -2.36. The Hall–Kier alpha value is -4.99. The van der Waals surface area contributed by atoms with Crippen LogP contribution in [0.5, 0.6) is 5.75 Å². The minimum absolute atomic E-state index is 0.136. The molecular formula is C38H52N10O5. The Morgan fingerprint density at radius 3 is 2.53 bits per heavy atom. The maximum absolute atomic E-state index is 13.9. The Morgan fingerprint density at radius 2 is 1.79 bits per heavy atom. The number of anilines is 4. The fraction of sp³-hybridized carbons (Fsp3) is 0.500. The molecule has 3 N–H and O–H groups in total. The molecule has 6 rings (SSSR count). The van der Waals surface area contributed by atoms with Gasteiger partial charge in [0.1, 0.15) is 11.6 Å². The summed E-state index contributed by atoms with van der Waals surface area (Å²) in [6.07, 6.45) is 6.57. The number of carbonyl (C=O) groups excluding carboxylic acids is 2. The summed E-state index contributed by atoms with van der Waals surface area (Å²) in [4.78, 5) is 40.0. The van der Waals surface area contributed by atoms with Crippen LogP contribution >= 0.6 is 0 Å². The number of nitrogens with zero attached hydrogens (tertiary/aromatic N) is 7. The lowest BCUT2D eigenvalue weighted by molar-refractivity contribution is -0.130. The van der Waals surface area contributed by atoms with Crippen molar-refractivity contribution < 1.29 is 23.8 Å². The summed E-state index contributed by atoms with van der Waals surface area (Å²) in [5.74, 6) is 1.80. The first kappa shape index (κ1) is 37.8. The third-order valence-corrected chi connectivity index (χ3v) is 9.81. The van der Waals surface area contributed by atoms with Crippen molar-refractivity contribution in [2.24, 2.45) is 0 Å². The van der Waals surface area contributed by atoms with Crippen LogP contribution in [-0.4, -0.2) is 114 Å². The van der Waals surface area contributed by atoms with Crippen LogP contribution in [0, 0.1) is 0 Å². The molecule has 0 spiro atoms. The van der Waals surface area contributed by atoms with Crippen LogP contribution in [0.4, 0.5) is 23.0 Å². The van der Waals surface area contributed by atoms with E-state index in [1.54, 1.807) is 14.2 Å². The number of nitrogens with one attached hydrogen (secondary N) is 3. The molecule has 5 heterocycles. The van der Waals surface area contributed by atoms with Crippen LogP contribution in [0.1, 0.15) is 53.8 Å². The number of hydrogen-bond acceptors (Lipinski definition) is 11. The highest BCUT2D eigenvalue weighted by molar-refractivity contribution is 6.06. The summed E-state index contributed by atoms with van der Waals surface area (Å²) in [5.41, 5.74) is 6.89. The van der Waals surface area contributed by atoms with Gasteiger partial charge in [-0.1, -0.05) is 20.8 Å². The van der Waals surface area contributed by atoms with E-state index in [1.165, 1.54) is 0 Å². The van der Waals surface area contributed by atoms with Crippen LogP contribution in [0.25, 0.3) is 5.82 Å². The van der Waals surface area contributed by atoms with E-state index in [0.29, 0.717) is 82.5 Å². The lowest BCUT2D eigenvalue weighted by atomic mass is 10.0. The summed E-state index contributed by atoms with van der Waals surface area (Å²) in [6, 6.07) is 7.87. The van der Waals surface area contributed by atoms with Crippen LogP contribution in [0.15, 0.2) is 36.7 Å². The Bertz CT molecular complexity index is 1880. The largest absolute Gasteiger partial charge is 0.494 e. The van der Waals surface area contributed by atoms with Crippen molar-refractivity contribution in [3.05, 3.63) is 64.9 Å². The summed E-state index contributed by atoms with van der Waals surface area (Å²) < 4.78 is 20.5. The summed E-state index contributed by atoms with van der Waals surface area (Å²) in [5, 5.41) is 14.5. The number of methoxy groups -OCH3 is 2. The van der Waals surface area contributed by atoms with Gasteiger partial charge in [0, 0.05) is 68.7 Å². The van der Waals surface area contributed by atoms with Gasteiger partial charge in [0.25, 0.3) is 5.91 Å². The lowest BCUT2D eigenvalue weighted by Crippen LogP contribution is -2.50. The highest BCUT2D eigenvalue weighted by atomic mass is 16.5. The van der Waals surface area contributed by atoms with E-state index < -0.39 is 0 Å². The number of carbonyl (C=O) groups is 2. The van der Waals surface area contributed by atoms with E-state index in [1.807, 2.05) is 64.7 Å². The monoisotopic (exact) mass is 728 g/mol. The van der Waals surface area contributed by atoms with Gasteiger partial charge in [-0.25, -0.2) is 4.98 Å². The van der Waals surface area contributed by atoms with Crippen LogP contribution in [0.2, 0.25) is 0 Å². The molecule has 0 saturated carbocycles. The molecule has 284 valence electrons. The average Bonchev–Trinajstić information content (AvgIpc) is 3.78. The highest BCUT2D eigenvalue weighted by Crippen LogP contribution is 2.33. The van der Waals surface area contributed by atoms with Crippen molar-refractivity contribution >= 4 is 34.8 Å². The standard InChI is InChI=1S/C38H52N10O5/c1-6-29-35(31(7-2)48(44-29)19-20-53-22-21-51-4)42-37(50)28-13-14-47-32(28)12-9-26-24-40-38(43-36(26)47)41-30-11-10-27(23-33(30)52-5)45-15-17-46(18-16-45)34(49)25-39-8-3/h10-11,13-14,23-24,39H,6-9,12,15-22,25H2,1-5H3,(H,42,50)(H,40,41,43). The smallest absolute Gasteiger partial charge is 0.257 e. The van der Waals surface area contributed by atoms with Crippen molar-refractivity contribution in [1.82, 2.24) is 34.5 Å². The minimum atomic E-state index is -0.166. The van der Waals surface area contributed by atoms with Crippen molar-refractivity contribution in [2.45, 2.75) is 53.0 Å². The van der Waals surface area contributed by atoms with Gasteiger partial charge in [-0.05, 0) is 50.4 Å². The first-order valence-corrected chi connectivity index (χ1v) is 18.6. The third kappa shape index (κ3) is 8.47. The third-order valence-electron chi connectivity index (χ3n) is 9.81. The normalized spacial score (nSPS) is 13.8. The highest BCUT2D eigenvalue weighted by Gasteiger charge is 2.27. The van der Waals surface area contributed by atoms with Crippen molar-refractivity contribution in [3.8, 4) is 11.6 Å². The second kappa shape index (κ2) is 17.7. The molecule has 1 fully saturated rings. The maximum atomic E-state index is 13.9. The molecule has 0 unspecified atom stereocenters. The quantitative estimate of drug-likeness (QED) is 0.137. The molecule has 0 radical (unpaired) electrons. The number of benzene rings is 1. The zero-order valence-corrected chi connectivity index (χ0v) is 31.5. The zero-order chi connectivity index (χ0) is 37.3. The van der Waals surface area contributed by atoms with E-state index in [0.717, 1.165) is 71.6 Å². The molecule has 3 aromatic heterocycles. The van der Waals surface area contributed by atoms with Crippen molar-refractivity contribution in [1.29, 1.82) is 0 Å². The van der Waals surface area contributed by atoms with Gasteiger partial charge in [-0.15, -0.1) is 0 Å². The predicted octanol–water partition coefficient (Wildman–Crippen LogP) is 3.61. The molecule has 15 heteroatoms. The summed E-state index contributed by atoms with van der Waals surface area (Å²) >= 11 is 0. The van der Waals surface area contributed by atoms with Gasteiger partial charge < -0.3 is 44.5 Å². The summed E-state index contributed by atoms with van der Waals surface area (Å²) in [6.45, 7) is 12.3. The molecule has 2 aliphatic heterocycles. The van der Waals surface area contributed by atoms with E-state index in [2.05, 4.69) is 32.8 Å². The van der Waals surface area contributed by atoms with E-state index in [-0.39, 0.29) is 11.8 Å². The fourth-order valence-corrected chi connectivity index (χ4v) is 6.94. The van der Waals surface area contributed by atoms with Gasteiger partial charge in [0.15, 0.2) is 0 Å². The van der Waals surface area contributed by atoms with Gasteiger partial charge in [-0.3, -0.25) is 14.3 Å². The van der Waals surface area contributed by atoms with E-state index >= 15 is 0 Å². The maximum Gasteiger partial charge on any atom is 0.257 e. The van der Waals surface area contributed by atoms with Crippen molar-refractivity contribution in [2.75, 3.05) is 88.8 Å². The fourth-order valence-electron chi connectivity index (χ4n) is 6.94. The Morgan fingerprint density at radius 1 is 0.962 bits per heavy atom. The van der Waals surface area contributed by atoms with Gasteiger partial charge in [0.2, 0.25) is 11.9 Å². The molecule has 2 amide bonds. The Labute approximate surface area is 311 Å². The minimum Gasteiger partial charge on any atom is -0.494 e. The van der Waals surface area contributed by atoms with E-state index in [4.69, 9.17) is 24.3 Å². The molecule has 53 heavy (non-hydrogen) atoms. The van der Waals surface area contributed by atoms with Gasteiger partial charge >= 0.3 is 0 Å². The number of likely N-dealkylation sites (N-methyl/N-ethyl adjacent to an activating group) is 1. The SMILES string of the molecule is CCNCC(=O)N1CCN(c2ccc(Nc3ncc4c(n3)-n3ccc(C(=O)Nc5c(CC)nn(CCOCCOC)c5CC)c3CC4)c(OC)c2)CC1. The molecule has 1 aromatic carbocycles. The number of hydrogen-bond donors (Lipinski definition) is 3. The molecule has 15 nitrogen and oxygen atoms in total. The molecule has 0 bridgehead atoms. The molecule has 0 aliphatic carbocycles. The summed E-state index contributed by atoms with van der Waals surface area (Å²) in [7, 11) is 3.30. The number of amides is 2. The zero-order valence-electron chi connectivity index (χ0n) is 31.5. The molecule has 1 saturated heterocycles. The van der Waals surface area contributed by atoms with Gasteiger partial charge in [0.05, 0.1) is 68.3 Å². The first-order chi connectivity index (χ1) is 25.9. The van der Waals surface area contributed by atoms with Crippen molar-refractivity contribution in [3.63, 3.8) is 0 Å². The second-order valence-electron chi connectivity index (χ2n) is 13.0. The molecular weight excluding hydrogens is 676 g/mol. The van der Waals surface area contributed by atoms with Gasteiger partial charge in [-0.2, -0.15) is 10.1 Å². The number of aromatic nitrogens is 5. The number of fused-ring (bicyclic) bond motifs is 3. The molecule has 4 aromatic rings. The van der Waals surface area contributed by atoms with Crippen LogP contribution in [-0.2, 0) is 46.5 Å². The molecule has 0 atom stereocenters. The predicted molar refractivity (Wildman–Crippen MR) is 204 cm³/mol. The number of aryl methyl sites for hydroxylation is 2. The number of piperazine rings is 1. The first-order valence-electron chi connectivity index (χ1n) is 18.6. The van der Waals surface area contributed by atoms with Crippen LogP contribution < -0.4 is 25.6 Å². The van der Waals surface area contributed by atoms with E-state index in [9.17, 15) is 9.59 Å². The Balaban J connectivity index is 1.15.